The van der Waals surface area contributed by atoms with Gasteiger partial charge in [0, 0.05) is 17.3 Å². The highest BCUT2D eigenvalue weighted by Gasteiger charge is 2.13. The largest absolute Gasteiger partial charge is 0.454 e. The van der Waals surface area contributed by atoms with Crippen LogP contribution in [-0.4, -0.2) is 28.7 Å². The Morgan fingerprint density at radius 2 is 1.97 bits per heavy atom. The SMILES string of the molecule is Cc1ccc(Cl)cc1NC(=O)CSc1ccc(NCc2ccc3c(c2)OCO3)nn1. The molecular formula is C21H19ClN4O3S. The number of amides is 1. The molecule has 4 rings (SSSR count). The maximum Gasteiger partial charge on any atom is 0.234 e. The zero-order valence-electron chi connectivity index (χ0n) is 16.1. The number of benzene rings is 2. The summed E-state index contributed by atoms with van der Waals surface area (Å²) in [5, 5.41) is 15.7. The molecule has 1 aromatic heterocycles. The summed E-state index contributed by atoms with van der Waals surface area (Å²) in [5.74, 6) is 2.26. The van der Waals surface area contributed by atoms with E-state index in [4.69, 9.17) is 21.1 Å². The monoisotopic (exact) mass is 442 g/mol. The molecule has 154 valence electrons. The van der Waals surface area contributed by atoms with Gasteiger partial charge in [0.1, 0.15) is 10.8 Å². The van der Waals surface area contributed by atoms with Gasteiger partial charge in [-0.1, -0.05) is 35.5 Å². The highest BCUT2D eigenvalue weighted by molar-refractivity contribution is 7.99. The first-order valence-corrected chi connectivity index (χ1v) is 10.6. The molecule has 1 amide bonds. The van der Waals surface area contributed by atoms with Gasteiger partial charge in [0.25, 0.3) is 0 Å². The van der Waals surface area contributed by atoms with Crippen LogP contribution < -0.4 is 20.1 Å². The lowest BCUT2D eigenvalue weighted by Gasteiger charge is -2.09. The van der Waals surface area contributed by atoms with Gasteiger partial charge in [0.15, 0.2) is 11.5 Å². The number of aromatic nitrogens is 2. The lowest BCUT2D eigenvalue weighted by molar-refractivity contribution is -0.113. The average molecular weight is 443 g/mol. The highest BCUT2D eigenvalue weighted by atomic mass is 35.5. The van der Waals surface area contributed by atoms with E-state index in [0.29, 0.717) is 28.1 Å². The molecule has 9 heteroatoms. The van der Waals surface area contributed by atoms with Crippen LogP contribution in [0.4, 0.5) is 11.5 Å². The van der Waals surface area contributed by atoms with E-state index in [2.05, 4.69) is 20.8 Å². The van der Waals surface area contributed by atoms with Crippen LogP contribution in [0.25, 0.3) is 0 Å². The van der Waals surface area contributed by atoms with Crippen LogP contribution in [-0.2, 0) is 11.3 Å². The fourth-order valence-electron chi connectivity index (χ4n) is 2.79. The fraction of sp³-hybridized carbons (Fsp3) is 0.190. The molecule has 0 saturated heterocycles. The molecule has 2 heterocycles. The van der Waals surface area contributed by atoms with Gasteiger partial charge in [-0.3, -0.25) is 4.79 Å². The third-order valence-electron chi connectivity index (χ3n) is 4.38. The molecule has 2 aromatic carbocycles. The van der Waals surface area contributed by atoms with Crippen molar-refractivity contribution in [3.63, 3.8) is 0 Å². The fourth-order valence-corrected chi connectivity index (χ4v) is 3.58. The van der Waals surface area contributed by atoms with Crippen LogP contribution >= 0.6 is 23.4 Å². The number of ether oxygens (including phenoxy) is 2. The van der Waals surface area contributed by atoms with Gasteiger partial charge in [-0.15, -0.1) is 10.2 Å². The van der Waals surface area contributed by atoms with Crippen LogP contribution in [0.3, 0.4) is 0 Å². The highest BCUT2D eigenvalue weighted by Crippen LogP contribution is 2.32. The number of rotatable bonds is 7. The van der Waals surface area contributed by atoms with Crippen LogP contribution in [0.2, 0.25) is 5.02 Å². The van der Waals surface area contributed by atoms with Gasteiger partial charge in [-0.05, 0) is 54.4 Å². The first-order valence-electron chi connectivity index (χ1n) is 9.22. The molecule has 1 aliphatic heterocycles. The number of halogens is 1. The first-order chi connectivity index (χ1) is 14.6. The molecule has 0 spiro atoms. The lowest BCUT2D eigenvalue weighted by atomic mass is 10.2. The third-order valence-corrected chi connectivity index (χ3v) is 5.53. The Morgan fingerprint density at radius 3 is 2.80 bits per heavy atom. The second-order valence-corrected chi connectivity index (χ2v) is 8.03. The molecule has 0 radical (unpaired) electrons. The number of anilines is 2. The number of nitrogens with one attached hydrogen (secondary N) is 2. The van der Waals surface area contributed by atoms with Crippen LogP contribution in [0.15, 0.2) is 53.6 Å². The quantitative estimate of drug-likeness (QED) is 0.520. The number of nitrogens with zero attached hydrogens (tertiary/aromatic N) is 2. The summed E-state index contributed by atoms with van der Waals surface area (Å²) in [6, 6.07) is 14.9. The number of carbonyl (C=O) groups is 1. The Labute approximate surface area is 183 Å². The van der Waals surface area contributed by atoms with Crippen molar-refractivity contribution in [3.8, 4) is 11.5 Å². The molecule has 0 unspecified atom stereocenters. The van der Waals surface area contributed by atoms with Gasteiger partial charge in [0.2, 0.25) is 12.7 Å². The van der Waals surface area contributed by atoms with Crippen molar-refractivity contribution in [2.75, 3.05) is 23.2 Å². The summed E-state index contributed by atoms with van der Waals surface area (Å²) in [7, 11) is 0. The molecule has 7 nitrogen and oxygen atoms in total. The lowest BCUT2D eigenvalue weighted by Crippen LogP contribution is -2.15. The van der Waals surface area contributed by atoms with Crippen molar-refractivity contribution in [1.82, 2.24) is 10.2 Å². The van der Waals surface area contributed by atoms with Crippen molar-refractivity contribution in [2.24, 2.45) is 0 Å². The Hall–Kier alpha value is -2.97. The van der Waals surface area contributed by atoms with Gasteiger partial charge in [-0.25, -0.2) is 0 Å². The minimum absolute atomic E-state index is 0.128. The molecule has 3 aromatic rings. The van der Waals surface area contributed by atoms with E-state index in [1.807, 2.05) is 43.3 Å². The zero-order valence-corrected chi connectivity index (χ0v) is 17.7. The maximum absolute atomic E-state index is 12.2. The smallest absolute Gasteiger partial charge is 0.234 e. The van der Waals surface area contributed by atoms with Crippen LogP contribution in [0.5, 0.6) is 11.5 Å². The normalized spacial score (nSPS) is 11.9. The minimum Gasteiger partial charge on any atom is -0.454 e. The van der Waals surface area contributed by atoms with Crippen molar-refractivity contribution in [1.29, 1.82) is 0 Å². The van der Waals surface area contributed by atoms with Crippen LogP contribution in [0, 0.1) is 6.92 Å². The van der Waals surface area contributed by atoms with Crippen molar-refractivity contribution in [2.45, 2.75) is 18.5 Å². The summed E-state index contributed by atoms with van der Waals surface area (Å²) in [5.41, 5.74) is 2.71. The Kier molecular flexibility index (Phi) is 6.25. The van der Waals surface area contributed by atoms with Gasteiger partial charge in [-0.2, -0.15) is 0 Å². The number of carbonyl (C=O) groups excluding carboxylic acids is 1. The topological polar surface area (TPSA) is 85.4 Å². The number of aryl methyl sites for hydroxylation is 1. The van der Waals surface area contributed by atoms with E-state index in [1.165, 1.54) is 11.8 Å². The third kappa shape index (κ3) is 5.14. The van der Waals surface area contributed by atoms with E-state index >= 15 is 0 Å². The second kappa shape index (κ2) is 9.23. The first kappa shape index (κ1) is 20.3. The van der Waals surface area contributed by atoms with E-state index in [1.54, 1.807) is 12.1 Å². The Balaban J connectivity index is 1.26. The molecule has 2 N–H and O–H groups in total. The van der Waals surface area contributed by atoms with E-state index < -0.39 is 0 Å². The molecule has 0 atom stereocenters. The molecule has 30 heavy (non-hydrogen) atoms. The molecule has 0 saturated carbocycles. The second-order valence-electron chi connectivity index (χ2n) is 6.59. The van der Waals surface area contributed by atoms with Crippen molar-refractivity contribution >= 4 is 40.8 Å². The summed E-state index contributed by atoms with van der Waals surface area (Å²) >= 11 is 7.30. The number of hydrogen-bond donors (Lipinski definition) is 2. The maximum atomic E-state index is 12.2. The number of fused-ring (bicyclic) bond motifs is 1. The van der Waals surface area contributed by atoms with Crippen LogP contribution in [0.1, 0.15) is 11.1 Å². The Morgan fingerprint density at radius 1 is 1.10 bits per heavy atom. The summed E-state index contributed by atoms with van der Waals surface area (Å²) in [6.07, 6.45) is 0. The standard InChI is InChI=1S/C21H19ClN4O3S/c1-13-2-4-15(22)9-16(13)24-20(27)11-30-21-7-6-19(25-26-21)23-10-14-3-5-17-18(8-14)29-12-28-17/h2-9H,10-12H2,1H3,(H,23,25)(H,24,27). The Bertz CT molecular complexity index is 1060. The minimum atomic E-state index is -0.128. The van der Waals surface area contributed by atoms with Crippen molar-refractivity contribution in [3.05, 3.63) is 64.7 Å². The summed E-state index contributed by atoms with van der Waals surface area (Å²) in [6.45, 7) is 2.76. The zero-order chi connectivity index (χ0) is 20.9. The summed E-state index contributed by atoms with van der Waals surface area (Å²) in [4.78, 5) is 12.2. The van der Waals surface area contributed by atoms with Gasteiger partial charge in [0.05, 0.1) is 5.75 Å². The van der Waals surface area contributed by atoms with Gasteiger partial charge >= 0.3 is 0 Å². The van der Waals surface area contributed by atoms with Gasteiger partial charge < -0.3 is 20.1 Å². The predicted octanol–water partition coefficient (Wildman–Crippen LogP) is 4.51. The molecular weight excluding hydrogens is 424 g/mol. The molecule has 0 aliphatic carbocycles. The van der Waals surface area contributed by atoms with E-state index in [9.17, 15) is 4.79 Å². The van der Waals surface area contributed by atoms with Crippen molar-refractivity contribution < 1.29 is 14.3 Å². The number of thioether (sulfide) groups is 1. The summed E-state index contributed by atoms with van der Waals surface area (Å²) < 4.78 is 10.7. The van der Waals surface area contributed by atoms with E-state index in [0.717, 1.165) is 22.6 Å². The molecule has 1 aliphatic rings. The predicted molar refractivity (Wildman–Crippen MR) is 117 cm³/mol. The van der Waals surface area contributed by atoms with E-state index in [-0.39, 0.29) is 18.5 Å². The average Bonchev–Trinajstić information content (AvgIpc) is 3.22. The number of hydrogen-bond acceptors (Lipinski definition) is 7. The molecule has 0 fully saturated rings. The molecule has 0 bridgehead atoms.